The Morgan fingerprint density at radius 1 is 1.47 bits per heavy atom. The largest absolute Gasteiger partial charge is 0.348 e. The normalized spacial score (nSPS) is 17.4. The minimum absolute atomic E-state index is 0.0176. The average molecular weight is 329 g/mol. The summed E-state index contributed by atoms with van der Waals surface area (Å²) in [6, 6.07) is 4.76. The van der Waals surface area contributed by atoms with Crippen molar-refractivity contribution in [2.75, 3.05) is 19.6 Å². The van der Waals surface area contributed by atoms with Crippen molar-refractivity contribution in [2.45, 2.75) is 25.8 Å². The van der Waals surface area contributed by atoms with Gasteiger partial charge in [0.15, 0.2) is 0 Å². The molecule has 2 rings (SSSR count). The van der Waals surface area contributed by atoms with Crippen molar-refractivity contribution < 1.29 is 9.18 Å². The number of benzene rings is 1. The lowest BCUT2D eigenvalue weighted by Gasteiger charge is -2.21. The Morgan fingerprint density at radius 2 is 2.16 bits per heavy atom. The van der Waals surface area contributed by atoms with Crippen LogP contribution in [0.5, 0.6) is 0 Å². The highest BCUT2D eigenvalue weighted by molar-refractivity contribution is 9.10. The number of nitrogens with zero attached hydrogens (tertiary/aromatic N) is 1. The van der Waals surface area contributed by atoms with Gasteiger partial charge in [-0.3, -0.25) is 4.79 Å². The van der Waals surface area contributed by atoms with Crippen LogP contribution in [0.1, 0.15) is 30.1 Å². The Bertz CT molecular complexity index is 461. The highest BCUT2D eigenvalue weighted by Crippen LogP contribution is 2.18. The zero-order valence-corrected chi connectivity index (χ0v) is 12.5. The van der Waals surface area contributed by atoms with E-state index in [1.807, 2.05) is 6.92 Å². The number of hydrogen-bond donors (Lipinski definition) is 1. The molecule has 1 N–H and O–H groups in total. The first-order chi connectivity index (χ1) is 9.08. The molecule has 1 aliphatic rings. The van der Waals surface area contributed by atoms with E-state index >= 15 is 0 Å². The van der Waals surface area contributed by atoms with Crippen LogP contribution < -0.4 is 5.32 Å². The maximum absolute atomic E-state index is 13.8. The van der Waals surface area contributed by atoms with Gasteiger partial charge in [-0.25, -0.2) is 4.39 Å². The molecule has 1 atom stereocenters. The maximum atomic E-state index is 13.8. The number of carbonyl (C=O) groups excluding carboxylic acids is 1. The van der Waals surface area contributed by atoms with Gasteiger partial charge in [-0.1, -0.05) is 6.07 Å². The summed E-state index contributed by atoms with van der Waals surface area (Å²) >= 11 is 3.09. The Morgan fingerprint density at radius 3 is 2.84 bits per heavy atom. The molecule has 1 aromatic carbocycles. The summed E-state index contributed by atoms with van der Waals surface area (Å²) in [6.45, 7) is 4.95. The van der Waals surface area contributed by atoms with Crippen LogP contribution in [0.25, 0.3) is 0 Å². The second-order valence-electron chi connectivity index (χ2n) is 4.98. The number of halogens is 2. The van der Waals surface area contributed by atoms with E-state index in [9.17, 15) is 9.18 Å². The predicted octanol–water partition coefficient (Wildman–Crippen LogP) is 2.80. The first kappa shape index (κ1) is 14.5. The molecular formula is C14H18BrFN2O. The molecule has 0 saturated carbocycles. The summed E-state index contributed by atoms with van der Waals surface area (Å²) in [6.07, 6.45) is 2.45. The molecule has 0 aliphatic carbocycles. The van der Waals surface area contributed by atoms with E-state index in [1.54, 1.807) is 12.1 Å². The molecule has 19 heavy (non-hydrogen) atoms. The van der Waals surface area contributed by atoms with Crippen molar-refractivity contribution in [1.82, 2.24) is 10.2 Å². The number of hydrogen-bond acceptors (Lipinski definition) is 2. The molecule has 0 spiro atoms. The molecule has 3 nitrogen and oxygen atoms in total. The van der Waals surface area contributed by atoms with Crippen LogP contribution in [0.15, 0.2) is 22.7 Å². The summed E-state index contributed by atoms with van der Waals surface area (Å²) in [5, 5.41) is 2.85. The Labute approximate surface area is 121 Å². The average Bonchev–Trinajstić information content (AvgIpc) is 2.85. The van der Waals surface area contributed by atoms with Crippen molar-refractivity contribution in [3.05, 3.63) is 34.1 Å². The third-order valence-corrected chi connectivity index (χ3v) is 3.92. The smallest absolute Gasteiger partial charge is 0.254 e. The zero-order chi connectivity index (χ0) is 13.8. The van der Waals surface area contributed by atoms with Gasteiger partial charge in [0.25, 0.3) is 5.91 Å². The monoisotopic (exact) mass is 328 g/mol. The fraction of sp³-hybridized carbons (Fsp3) is 0.500. The van der Waals surface area contributed by atoms with Gasteiger partial charge < -0.3 is 10.2 Å². The molecule has 0 aromatic heterocycles. The first-order valence-electron chi connectivity index (χ1n) is 6.55. The van der Waals surface area contributed by atoms with Gasteiger partial charge in [-0.05, 0) is 60.9 Å². The third-order valence-electron chi connectivity index (χ3n) is 3.30. The molecule has 5 heteroatoms. The predicted molar refractivity (Wildman–Crippen MR) is 76.7 cm³/mol. The molecule has 1 amide bonds. The molecule has 0 radical (unpaired) electrons. The van der Waals surface area contributed by atoms with Crippen molar-refractivity contribution in [3.8, 4) is 0 Å². The number of rotatable bonds is 4. The van der Waals surface area contributed by atoms with Crippen LogP contribution in [0.4, 0.5) is 4.39 Å². The number of likely N-dealkylation sites (tertiary alicyclic amines) is 1. The van der Waals surface area contributed by atoms with Crippen molar-refractivity contribution >= 4 is 21.8 Å². The van der Waals surface area contributed by atoms with Gasteiger partial charge in [0, 0.05) is 12.6 Å². The lowest BCUT2D eigenvalue weighted by atomic mass is 10.2. The quantitative estimate of drug-likeness (QED) is 0.921. The summed E-state index contributed by atoms with van der Waals surface area (Å²) in [5.74, 6) is -0.862. The van der Waals surface area contributed by atoms with E-state index in [4.69, 9.17) is 0 Å². The number of carbonyl (C=O) groups is 1. The molecule has 104 valence electrons. The fourth-order valence-electron chi connectivity index (χ4n) is 2.38. The van der Waals surface area contributed by atoms with Crippen LogP contribution in [-0.2, 0) is 0 Å². The van der Waals surface area contributed by atoms with Gasteiger partial charge >= 0.3 is 0 Å². The Hall–Kier alpha value is -0.940. The van der Waals surface area contributed by atoms with E-state index in [0.29, 0.717) is 4.47 Å². The third kappa shape index (κ3) is 3.76. The molecule has 0 bridgehead atoms. The molecule has 1 unspecified atom stereocenters. The lowest BCUT2D eigenvalue weighted by Crippen LogP contribution is -2.41. The molecular weight excluding hydrogens is 311 g/mol. The van der Waals surface area contributed by atoms with Gasteiger partial charge in [0.2, 0.25) is 0 Å². The molecule has 1 fully saturated rings. The first-order valence-corrected chi connectivity index (χ1v) is 7.34. The highest BCUT2D eigenvalue weighted by Gasteiger charge is 2.18. The Balaban J connectivity index is 1.94. The van der Waals surface area contributed by atoms with Gasteiger partial charge in [0.05, 0.1) is 10.0 Å². The minimum atomic E-state index is -0.506. The van der Waals surface area contributed by atoms with Crippen molar-refractivity contribution in [3.63, 3.8) is 0 Å². The molecule has 1 saturated heterocycles. The van der Waals surface area contributed by atoms with Crippen LogP contribution in [0.2, 0.25) is 0 Å². The van der Waals surface area contributed by atoms with Crippen molar-refractivity contribution in [2.24, 2.45) is 0 Å². The number of amides is 1. The van der Waals surface area contributed by atoms with E-state index in [0.717, 1.165) is 19.6 Å². The molecule has 1 aromatic rings. The van der Waals surface area contributed by atoms with Gasteiger partial charge in [-0.15, -0.1) is 0 Å². The summed E-state index contributed by atoms with van der Waals surface area (Å²) in [4.78, 5) is 14.3. The van der Waals surface area contributed by atoms with Gasteiger partial charge in [0.1, 0.15) is 5.82 Å². The summed E-state index contributed by atoms with van der Waals surface area (Å²) < 4.78 is 14.1. The molecule has 1 heterocycles. The van der Waals surface area contributed by atoms with Gasteiger partial charge in [-0.2, -0.15) is 0 Å². The standard InChI is InChI=1S/C14H18BrFN2O/c1-10(9-18-7-2-3-8-18)17-14(19)11-5-4-6-12(15)13(11)16/h4-6,10H,2-3,7-9H2,1H3,(H,17,19). The SMILES string of the molecule is CC(CN1CCCC1)NC(=O)c1cccc(Br)c1F. The van der Waals surface area contributed by atoms with Crippen LogP contribution in [0.3, 0.4) is 0 Å². The van der Waals surface area contributed by atoms with E-state index in [2.05, 4.69) is 26.1 Å². The molecule has 1 aliphatic heterocycles. The Kier molecular flexibility index (Phi) is 4.93. The van der Waals surface area contributed by atoms with Crippen LogP contribution in [0, 0.1) is 5.82 Å². The topological polar surface area (TPSA) is 32.3 Å². The van der Waals surface area contributed by atoms with E-state index in [1.165, 1.54) is 18.9 Å². The summed E-state index contributed by atoms with van der Waals surface area (Å²) in [5.41, 5.74) is 0.0858. The van der Waals surface area contributed by atoms with E-state index in [-0.39, 0.29) is 17.5 Å². The summed E-state index contributed by atoms with van der Waals surface area (Å²) in [7, 11) is 0. The maximum Gasteiger partial charge on any atom is 0.254 e. The zero-order valence-electron chi connectivity index (χ0n) is 11.0. The van der Waals surface area contributed by atoms with Crippen LogP contribution in [-0.4, -0.2) is 36.5 Å². The second kappa shape index (κ2) is 6.48. The lowest BCUT2D eigenvalue weighted by molar-refractivity contribution is 0.0927. The minimum Gasteiger partial charge on any atom is -0.348 e. The number of nitrogens with one attached hydrogen (secondary N) is 1. The van der Waals surface area contributed by atoms with E-state index < -0.39 is 5.82 Å². The van der Waals surface area contributed by atoms with Crippen LogP contribution >= 0.6 is 15.9 Å². The second-order valence-corrected chi connectivity index (χ2v) is 5.84. The van der Waals surface area contributed by atoms with Crippen molar-refractivity contribution in [1.29, 1.82) is 0 Å². The highest BCUT2D eigenvalue weighted by atomic mass is 79.9. The fourth-order valence-corrected chi connectivity index (χ4v) is 2.75.